The van der Waals surface area contributed by atoms with Crippen molar-refractivity contribution in [2.75, 3.05) is 33.8 Å². The molecule has 0 saturated carbocycles. The fourth-order valence-corrected chi connectivity index (χ4v) is 8.32. The summed E-state index contributed by atoms with van der Waals surface area (Å²) in [5.41, 5.74) is 7.70. The van der Waals surface area contributed by atoms with Crippen molar-refractivity contribution in [2.45, 2.75) is 57.8 Å². The molecule has 5 heterocycles. The van der Waals surface area contributed by atoms with E-state index in [0.29, 0.717) is 41.3 Å². The average Bonchev–Trinajstić information content (AvgIpc) is 3.72. The van der Waals surface area contributed by atoms with Crippen LogP contribution in [0.4, 0.5) is 0 Å². The van der Waals surface area contributed by atoms with Gasteiger partial charge in [0.15, 0.2) is 0 Å². The number of methoxy groups -OCH3 is 1. The topological polar surface area (TPSA) is 105 Å². The molecule has 0 aliphatic carbocycles. The standard InChI is InChI=1S/C41H45Cl2N7O3/c1-25(51)50-18-15-30(16-19-50)48(2)23-28-24-49(3)41-31(28)11-12-35(47-41)34-7-5-6-32(38(34)42)33-14-17-45-40(39(33)43)26-8-9-27(36(20-26)53-4)21-44-22-29-10-13-37(52)46-29/h5-9,11-12,14,17,20,24,29-30,44H,10,13,15-16,18-19,21-23H2,1-4H3,(H,46,52)/t29-/m0/s1. The van der Waals surface area contributed by atoms with E-state index in [4.69, 9.17) is 32.9 Å². The smallest absolute Gasteiger partial charge is 0.220 e. The van der Waals surface area contributed by atoms with Gasteiger partial charge in [0.2, 0.25) is 11.8 Å². The van der Waals surface area contributed by atoms with E-state index in [1.165, 1.54) is 5.56 Å². The number of halogens is 2. The van der Waals surface area contributed by atoms with E-state index >= 15 is 0 Å². The lowest BCUT2D eigenvalue weighted by atomic mass is 9.99. The molecular formula is C41H45Cl2N7O3. The minimum absolute atomic E-state index is 0.109. The van der Waals surface area contributed by atoms with E-state index in [2.05, 4.69) is 44.4 Å². The number of amides is 2. The Labute approximate surface area is 320 Å². The summed E-state index contributed by atoms with van der Waals surface area (Å²) >= 11 is 14.3. The quantitative estimate of drug-likeness (QED) is 0.148. The Balaban J connectivity index is 1.11. The lowest BCUT2D eigenvalue weighted by molar-refractivity contribution is -0.130. The number of pyridine rings is 2. The maximum Gasteiger partial charge on any atom is 0.220 e. The molecule has 5 aromatic rings. The molecule has 2 saturated heterocycles. The summed E-state index contributed by atoms with van der Waals surface area (Å²) in [6.07, 6.45) is 7.29. The van der Waals surface area contributed by atoms with Crippen LogP contribution in [0.25, 0.3) is 44.7 Å². The Morgan fingerprint density at radius 2 is 1.79 bits per heavy atom. The van der Waals surface area contributed by atoms with E-state index in [1.54, 1.807) is 20.2 Å². The Kier molecular flexibility index (Phi) is 11.0. The zero-order valence-corrected chi connectivity index (χ0v) is 32.1. The molecule has 7 rings (SSSR count). The zero-order chi connectivity index (χ0) is 37.2. The summed E-state index contributed by atoms with van der Waals surface area (Å²) in [6, 6.07) is 18.5. The van der Waals surface area contributed by atoms with E-state index < -0.39 is 0 Å². The minimum atomic E-state index is 0.109. The molecule has 0 unspecified atom stereocenters. The Morgan fingerprint density at radius 3 is 2.53 bits per heavy atom. The molecule has 0 bridgehead atoms. The van der Waals surface area contributed by atoms with Gasteiger partial charge in [-0.1, -0.05) is 53.5 Å². The van der Waals surface area contributed by atoms with Crippen LogP contribution in [0.5, 0.6) is 5.75 Å². The van der Waals surface area contributed by atoms with Crippen LogP contribution in [-0.2, 0) is 29.7 Å². The first-order chi connectivity index (χ1) is 25.6. The summed E-state index contributed by atoms with van der Waals surface area (Å²) in [5, 5.41) is 8.58. The number of hydrogen-bond acceptors (Lipinski definition) is 7. The van der Waals surface area contributed by atoms with Crippen molar-refractivity contribution >= 4 is 46.0 Å². The molecule has 0 radical (unpaired) electrons. The van der Waals surface area contributed by atoms with Gasteiger partial charge < -0.3 is 24.8 Å². The molecule has 12 heteroatoms. The number of hydrogen-bond donors (Lipinski definition) is 2. The number of nitrogens with one attached hydrogen (secondary N) is 2. The molecule has 2 amide bonds. The minimum Gasteiger partial charge on any atom is -0.496 e. The number of likely N-dealkylation sites (tertiary alicyclic amines) is 1. The Hall–Kier alpha value is -4.48. The van der Waals surface area contributed by atoms with E-state index in [1.807, 2.05) is 60.5 Å². The highest BCUT2D eigenvalue weighted by Crippen LogP contribution is 2.42. The van der Waals surface area contributed by atoms with E-state index in [9.17, 15) is 9.59 Å². The maximum absolute atomic E-state index is 11.8. The third kappa shape index (κ3) is 7.78. The number of carbonyl (C=O) groups excluding carboxylic acids is 2. The van der Waals surface area contributed by atoms with Crippen molar-refractivity contribution in [3.8, 4) is 39.4 Å². The first kappa shape index (κ1) is 36.9. The normalized spacial score (nSPS) is 16.5. The van der Waals surface area contributed by atoms with Crippen LogP contribution in [-0.4, -0.2) is 82.0 Å². The third-order valence-corrected chi connectivity index (χ3v) is 11.5. The second-order valence-electron chi connectivity index (χ2n) is 14.1. The lowest BCUT2D eigenvalue weighted by Crippen LogP contribution is -2.44. The van der Waals surface area contributed by atoms with Gasteiger partial charge in [0.05, 0.1) is 28.5 Å². The summed E-state index contributed by atoms with van der Waals surface area (Å²) in [7, 11) is 5.85. The predicted molar refractivity (Wildman–Crippen MR) is 211 cm³/mol. The van der Waals surface area contributed by atoms with Crippen molar-refractivity contribution in [3.63, 3.8) is 0 Å². The van der Waals surface area contributed by atoms with Crippen molar-refractivity contribution in [3.05, 3.63) is 88.2 Å². The number of benzene rings is 2. The van der Waals surface area contributed by atoms with Crippen LogP contribution in [0.3, 0.4) is 0 Å². The summed E-state index contributed by atoms with van der Waals surface area (Å²) in [5.74, 6) is 0.987. The van der Waals surface area contributed by atoms with Crippen molar-refractivity contribution in [1.82, 2.24) is 35.0 Å². The van der Waals surface area contributed by atoms with Gasteiger partial charge in [-0.2, -0.15) is 0 Å². The molecule has 0 spiro atoms. The maximum atomic E-state index is 11.8. The molecule has 2 aromatic carbocycles. The first-order valence-electron chi connectivity index (χ1n) is 18.1. The van der Waals surface area contributed by atoms with Gasteiger partial charge in [0.1, 0.15) is 11.4 Å². The van der Waals surface area contributed by atoms with Gasteiger partial charge >= 0.3 is 0 Å². The molecule has 2 aliphatic rings. The highest BCUT2D eigenvalue weighted by Gasteiger charge is 2.25. The van der Waals surface area contributed by atoms with Gasteiger partial charge in [-0.3, -0.25) is 19.5 Å². The van der Waals surface area contributed by atoms with Crippen molar-refractivity contribution < 1.29 is 14.3 Å². The summed E-state index contributed by atoms with van der Waals surface area (Å²) in [6.45, 7) is 5.36. The molecule has 1 atom stereocenters. The molecule has 2 N–H and O–H groups in total. The van der Waals surface area contributed by atoms with Crippen LogP contribution in [0.2, 0.25) is 10.0 Å². The van der Waals surface area contributed by atoms with Crippen molar-refractivity contribution in [1.29, 1.82) is 0 Å². The molecule has 3 aromatic heterocycles. The molecule has 10 nitrogen and oxygen atoms in total. The number of ether oxygens (including phenoxy) is 1. The second kappa shape index (κ2) is 15.9. The van der Waals surface area contributed by atoms with Gasteiger partial charge in [0, 0.05) is 111 Å². The number of fused-ring (bicyclic) bond motifs is 1. The number of carbonyl (C=O) groups is 2. The van der Waals surface area contributed by atoms with Crippen LogP contribution in [0, 0.1) is 0 Å². The largest absolute Gasteiger partial charge is 0.496 e. The number of piperidine rings is 1. The van der Waals surface area contributed by atoms with Crippen LogP contribution in [0.15, 0.2) is 67.0 Å². The molecule has 53 heavy (non-hydrogen) atoms. The first-order valence-corrected chi connectivity index (χ1v) is 18.9. The molecular weight excluding hydrogens is 709 g/mol. The van der Waals surface area contributed by atoms with Crippen LogP contribution >= 0.6 is 23.2 Å². The van der Waals surface area contributed by atoms with Gasteiger partial charge in [-0.15, -0.1) is 0 Å². The van der Waals surface area contributed by atoms with E-state index in [-0.39, 0.29) is 17.9 Å². The molecule has 276 valence electrons. The van der Waals surface area contributed by atoms with Crippen LogP contribution < -0.4 is 15.4 Å². The van der Waals surface area contributed by atoms with Gasteiger partial charge in [0.25, 0.3) is 0 Å². The zero-order valence-electron chi connectivity index (χ0n) is 30.6. The highest BCUT2D eigenvalue weighted by atomic mass is 35.5. The third-order valence-electron chi connectivity index (χ3n) is 10.7. The Bertz CT molecular complexity index is 2160. The fourth-order valence-electron chi connectivity index (χ4n) is 7.67. The highest BCUT2D eigenvalue weighted by molar-refractivity contribution is 6.39. The number of rotatable bonds is 11. The van der Waals surface area contributed by atoms with Crippen molar-refractivity contribution in [2.24, 2.45) is 7.05 Å². The Morgan fingerprint density at radius 1 is 1.02 bits per heavy atom. The summed E-state index contributed by atoms with van der Waals surface area (Å²) < 4.78 is 7.84. The SMILES string of the molecule is COc1cc(-c2nccc(-c3cccc(-c4ccc5c(CN(C)C6CCN(C(C)=O)CC6)cn(C)c5n4)c3Cl)c2Cl)ccc1CNC[C@@H]1CCC(=O)N1. The number of aromatic nitrogens is 3. The second-order valence-corrected chi connectivity index (χ2v) is 14.9. The molecule has 2 fully saturated rings. The molecule has 2 aliphatic heterocycles. The average molecular weight is 755 g/mol. The predicted octanol–water partition coefficient (Wildman–Crippen LogP) is 7.10. The summed E-state index contributed by atoms with van der Waals surface area (Å²) in [4.78, 5) is 37.4. The fraction of sp³-hybridized carbons (Fsp3) is 0.366. The number of aryl methyl sites for hydroxylation is 1. The lowest BCUT2D eigenvalue weighted by Gasteiger charge is -2.36. The van der Waals surface area contributed by atoms with Gasteiger partial charge in [-0.25, -0.2) is 4.98 Å². The van der Waals surface area contributed by atoms with Crippen LogP contribution in [0.1, 0.15) is 43.7 Å². The van der Waals surface area contributed by atoms with E-state index in [0.717, 1.165) is 89.2 Å². The van der Waals surface area contributed by atoms with Gasteiger partial charge in [-0.05, 0) is 56.1 Å². The number of nitrogens with zero attached hydrogens (tertiary/aromatic N) is 5. The monoisotopic (exact) mass is 753 g/mol.